The molecule has 0 unspecified atom stereocenters. The molecule has 2 aromatic rings. The molecule has 1 fully saturated rings. The summed E-state index contributed by atoms with van der Waals surface area (Å²) in [4.78, 5) is 29.7. The molecule has 212 valence electrons. The normalized spacial score (nSPS) is 17.7. The number of ether oxygens (including phenoxy) is 5. The Morgan fingerprint density at radius 2 is 1.77 bits per heavy atom. The maximum Gasteiger partial charge on any atom is 0.268 e. The fourth-order valence-corrected chi connectivity index (χ4v) is 5.20. The molecule has 1 N–H and O–H groups in total. The lowest BCUT2D eigenvalue weighted by Gasteiger charge is -2.36. The van der Waals surface area contributed by atoms with Crippen LogP contribution in [-0.2, 0) is 14.3 Å². The maximum absolute atomic E-state index is 14.1. The second-order valence-corrected chi connectivity index (χ2v) is 9.81. The number of carbonyl (C=O) groups excluding carboxylic acids is 2. The molecule has 2 atom stereocenters. The first kappa shape index (κ1) is 28.5. The summed E-state index contributed by atoms with van der Waals surface area (Å²) in [6.07, 6.45) is 4.86. The molecule has 9 nitrogen and oxygen atoms in total. The second-order valence-electron chi connectivity index (χ2n) is 9.81. The number of para-hydroxylation sites is 2. The number of hydrogen-bond acceptors (Lipinski definition) is 7. The standard InChI is InChI=1S/C30H40N2O7/c1-4-37-18-10-17-32(30(34)27-20-38-24-13-8-9-14-25(24)39-27)28(29(33)31-22-11-6-5-7-12-22)21-15-16-23(35-2)26(19-21)36-3/h8-9,13-16,19,22,27-28H,4-7,10-12,17-18,20H2,1-3H3,(H,31,33)/t27-,28-/m0/s1. The van der Waals surface area contributed by atoms with Gasteiger partial charge in [-0.1, -0.05) is 37.5 Å². The summed E-state index contributed by atoms with van der Waals surface area (Å²) in [5.41, 5.74) is 0.628. The minimum Gasteiger partial charge on any atom is -0.493 e. The number of benzene rings is 2. The third kappa shape index (κ3) is 7.15. The van der Waals surface area contributed by atoms with Crippen LogP contribution in [0.3, 0.4) is 0 Å². The molecule has 1 aliphatic carbocycles. The van der Waals surface area contributed by atoms with Crippen molar-refractivity contribution < 1.29 is 33.3 Å². The number of fused-ring (bicyclic) bond motifs is 1. The smallest absolute Gasteiger partial charge is 0.268 e. The predicted molar refractivity (Wildman–Crippen MR) is 146 cm³/mol. The van der Waals surface area contributed by atoms with Crippen LogP contribution in [0.5, 0.6) is 23.0 Å². The van der Waals surface area contributed by atoms with E-state index >= 15 is 0 Å². The van der Waals surface area contributed by atoms with Gasteiger partial charge in [0.1, 0.15) is 12.6 Å². The van der Waals surface area contributed by atoms with Crippen molar-refractivity contribution in [2.24, 2.45) is 0 Å². The Morgan fingerprint density at radius 3 is 2.49 bits per heavy atom. The highest BCUT2D eigenvalue weighted by Crippen LogP contribution is 2.35. The van der Waals surface area contributed by atoms with Gasteiger partial charge in [-0.15, -0.1) is 0 Å². The van der Waals surface area contributed by atoms with Crippen molar-refractivity contribution in [2.75, 3.05) is 40.6 Å². The van der Waals surface area contributed by atoms with Crippen molar-refractivity contribution >= 4 is 11.8 Å². The molecule has 0 spiro atoms. The Kier molecular flexibility index (Phi) is 10.3. The van der Waals surface area contributed by atoms with Gasteiger partial charge in [-0.05, 0) is 56.0 Å². The molecule has 9 heteroatoms. The molecular formula is C30H40N2O7. The summed E-state index contributed by atoms with van der Waals surface area (Å²) < 4.78 is 28.4. The van der Waals surface area contributed by atoms with E-state index in [-0.39, 0.29) is 24.5 Å². The van der Waals surface area contributed by atoms with Crippen LogP contribution in [-0.4, -0.2) is 69.4 Å². The van der Waals surface area contributed by atoms with Gasteiger partial charge in [0.15, 0.2) is 23.0 Å². The van der Waals surface area contributed by atoms with Gasteiger partial charge in [0.25, 0.3) is 5.91 Å². The predicted octanol–water partition coefficient (Wildman–Crippen LogP) is 4.29. The van der Waals surface area contributed by atoms with Crippen LogP contribution in [0.25, 0.3) is 0 Å². The van der Waals surface area contributed by atoms with E-state index in [0.717, 1.165) is 25.7 Å². The van der Waals surface area contributed by atoms with Crippen molar-refractivity contribution in [1.29, 1.82) is 0 Å². The van der Waals surface area contributed by atoms with Gasteiger partial charge >= 0.3 is 0 Å². The molecule has 0 aromatic heterocycles. The van der Waals surface area contributed by atoms with Gasteiger partial charge in [-0.2, -0.15) is 0 Å². The Bertz CT molecular complexity index is 1100. The third-order valence-electron chi connectivity index (χ3n) is 7.19. The zero-order valence-corrected chi connectivity index (χ0v) is 23.1. The SMILES string of the molecule is CCOCCCN(C(=O)[C@@H]1COc2ccccc2O1)[C@H](C(=O)NC1CCCCC1)c1ccc(OC)c(OC)c1. The van der Waals surface area contributed by atoms with E-state index in [4.69, 9.17) is 23.7 Å². The van der Waals surface area contributed by atoms with Crippen LogP contribution >= 0.6 is 0 Å². The van der Waals surface area contributed by atoms with Crippen LogP contribution in [0.1, 0.15) is 57.1 Å². The molecule has 2 aromatic carbocycles. The van der Waals surface area contributed by atoms with Gasteiger partial charge in [0.2, 0.25) is 12.0 Å². The highest BCUT2D eigenvalue weighted by Gasteiger charge is 2.39. The minimum absolute atomic E-state index is 0.0563. The lowest BCUT2D eigenvalue weighted by molar-refractivity contribution is -0.149. The van der Waals surface area contributed by atoms with Gasteiger partial charge in [0.05, 0.1) is 14.2 Å². The topological polar surface area (TPSA) is 95.6 Å². The molecule has 39 heavy (non-hydrogen) atoms. The van der Waals surface area contributed by atoms with Gasteiger partial charge in [-0.3, -0.25) is 9.59 Å². The molecule has 1 saturated carbocycles. The number of methoxy groups -OCH3 is 2. The molecular weight excluding hydrogens is 500 g/mol. The van der Waals surface area contributed by atoms with E-state index in [1.165, 1.54) is 6.42 Å². The van der Waals surface area contributed by atoms with Crippen molar-refractivity contribution in [3.8, 4) is 23.0 Å². The summed E-state index contributed by atoms with van der Waals surface area (Å²) in [6.45, 7) is 3.33. The van der Waals surface area contributed by atoms with Gasteiger partial charge < -0.3 is 33.9 Å². The zero-order valence-electron chi connectivity index (χ0n) is 23.1. The van der Waals surface area contributed by atoms with Crippen LogP contribution in [0, 0.1) is 0 Å². The average Bonchev–Trinajstić information content (AvgIpc) is 2.98. The molecule has 0 bridgehead atoms. The van der Waals surface area contributed by atoms with Crippen molar-refractivity contribution in [3.63, 3.8) is 0 Å². The third-order valence-corrected chi connectivity index (χ3v) is 7.19. The van der Waals surface area contributed by atoms with Crippen LogP contribution in [0.2, 0.25) is 0 Å². The summed E-state index contributed by atoms with van der Waals surface area (Å²) in [5, 5.41) is 3.23. The number of amides is 2. The number of rotatable bonds is 12. The van der Waals surface area contributed by atoms with E-state index in [2.05, 4.69) is 5.32 Å². The number of nitrogens with one attached hydrogen (secondary N) is 1. The first-order valence-corrected chi connectivity index (χ1v) is 13.8. The number of carbonyl (C=O) groups is 2. The Labute approximate surface area is 230 Å². The van der Waals surface area contributed by atoms with E-state index in [1.54, 1.807) is 43.4 Å². The minimum atomic E-state index is -0.901. The number of nitrogens with zero attached hydrogens (tertiary/aromatic N) is 1. The first-order chi connectivity index (χ1) is 19.0. The Balaban J connectivity index is 1.68. The monoisotopic (exact) mass is 540 g/mol. The van der Waals surface area contributed by atoms with Crippen molar-refractivity contribution in [3.05, 3.63) is 48.0 Å². The molecule has 1 aliphatic heterocycles. The summed E-state index contributed by atoms with van der Waals surface area (Å²) in [6, 6.07) is 11.8. The maximum atomic E-state index is 14.1. The van der Waals surface area contributed by atoms with Crippen molar-refractivity contribution in [2.45, 2.75) is 63.6 Å². The Hall–Kier alpha value is -3.46. The highest BCUT2D eigenvalue weighted by atomic mass is 16.6. The molecule has 1 heterocycles. The quantitative estimate of drug-likeness (QED) is 0.401. The lowest BCUT2D eigenvalue weighted by atomic mass is 9.94. The largest absolute Gasteiger partial charge is 0.493 e. The Morgan fingerprint density at radius 1 is 1.03 bits per heavy atom. The summed E-state index contributed by atoms with van der Waals surface area (Å²) in [5.74, 6) is 1.58. The fraction of sp³-hybridized carbons (Fsp3) is 0.533. The van der Waals surface area contributed by atoms with Crippen LogP contribution < -0.4 is 24.3 Å². The lowest BCUT2D eigenvalue weighted by Crippen LogP contribution is -2.52. The van der Waals surface area contributed by atoms with E-state index in [9.17, 15) is 9.59 Å². The molecule has 0 saturated heterocycles. The van der Waals surface area contributed by atoms with Gasteiger partial charge in [-0.25, -0.2) is 0 Å². The molecule has 2 aliphatic rings. The average molecular weight is 541 g/mol. The summed E-state index contributed by atoms with van der Waals surface area (Å²) >= 11 is 0. The molecule has 2 amide bonds. The van der Waals surface area contributed by atoms with Crippen LogP contribution in [0.15, 0.2) is 42.5 Å². The molecule has 4 rings (SSSR count). The van der Waals surface area contributed by atoms with Crippen LogP contribution in [0.4, 0.5) is 0 Å². The van der Waals surface area contributed by atoms with Gasteiger partial charge in [0, 0.05) is 25.8 Å². The highest BCUT2D eigenvalue weighted by molar-refractivity contribution is 5.91. The van der Waals surface area contributed by atoms with E-state index in [0.29, 0.717) is 54.7 Å². The van der Waals surface area contributed by atoms with Crippen molar-refractivity contribution in [1.82, 2.24) is 10.2 Å². The fourth-order valence-electron chi connectivity index (χ4n) is 5.20. The van der Waals surface area contributed by atoms with E-state index in [1.807, 2.05) is 25.1 Å². The van der Waals surface area contributed by atoms with E-state index < -0.39 is 12.1 Å². The first-order valence-electron chi connectivity index (χ1n) is 13.8. The number of hydrogen-bond donors (Lipinski definition) is 1. The summed E-state index contributed by atoms with van der Waals surface area (Å²) in [7, 11) is 3.11. The second kappa shape index (κ2) is 14.1. The zero-order chi connectivity index (χ0) is 27.6. The molecule has 0 radical (unpaired) electrons.